The van der Waals surface area contributed by atoms with Gasteiger partial charge in [-0.3, -0.25) is 4.21 Å². The maximum Gasteiger partial charge on any atom is 1.00 e. The average Bonchev–Trinajstić information content (AvgIpc) is 1.94. The van der Waals surface area contributed by atoms with Crippen molar-refractivity contribution in [3.63, 3.8) is 0 Å². The van der Waals surface area contributed by atoms with Gasteiger partial charge in [-0.25, -0.2) is 9.37 Å². The van der Waals surface area contributed by atoms with E-state index in [0.29, 0.717) is 12.3 Å². The van der Waals surface area contributed by atoms with Crippen molar-refractivity contribution in [1.82, 2.24) is 4.98 Å². The van der Waals surface area contributed by atoms with E-state index in [1.54, 1.807) is 0 Å². The zero-order valence-electron chi connectivity index (χ0n) is 6.08. The van der Waals surface area contributed by atoms with Crippen LogP contribution in [0, 0.1) is 11.8 Å². The van der Waals surface area contributed by atoms with Crippen LogP contribution in [-0.4, -0.2) is 13.7 Å². The molecule has 1 unspecified atom stereocenters. The van der Waals surface area contributed by atoms with Crippen molar-refractivity contribution in [2.45, 2.75) is 4.90 Å². The summed E-state index contributed by atoms with van der Waals surface area (Å²) in [5, 5.41) is 0. The summed E-state index contributed by atoms with van der Waals surface area (Å²) in [5.41, 5.74) is 0. The van der Waals surface area contributed by atoms with Gasteiger partial charge in [-0.2, -0.15) is 4.39 Å². The van der Waals surface area contributed by atoms with E-state index >= 15 is 0 Å². The summed E-state index contributed by atoms with van der Waals surface area (Å²) in [6.45, 7) is 0. The summed E-state index contributed by atoms with van der Waals surface area (Å²) in [6, 6.07) is 0.512. The Morgan fingerprint density at radius 1 is 1.50 bits per heavy atom. The van der Waals surface area contributed by atoms with Crippen LogP contribution in [0.1, 0.15) is 0 Å². The number of nitrogens with zero attached hydrogens (tertiary/aromatic N) is 1. The molecule has 1 aromatic heterocycles. The maximum absolute atomic E-state index is 12.4. The molecule has 12 heavy (non-hydrogen) atoms. The van der Waals surface area contributed by atoms with Crippen molar-refractivity contribution >= 4 is 11.1 Å². The van der Waals surface area contributed by atoms with Crippen molar-refractivity contribution in [1.29, 1.82) is 0 Å². The van der Waals surface area contributed by atoms with Gasteiger partial charge in [-0.15, -0.1) is 0 Å². The summed E-state index contributed by atoms with van der Waals surface area (Å²) in [5.74, 6) is -2.08. The fourth-order valence-corrected chi connectivity index (χ4v) is 0.929. The van der Waals surface area contributed by atoms with Gasteiger partial charge in [0, 0.05) is 6.07 Å². The minimum Gasteiger partial charge on any atom is -0.768 e. The summed E-state index contributed by atoms with van der Waals surface area (Å²) in [6.07, 6.45) is 0.514. The maximum atomic E-state index is 12.4. The summed E-state index contributed by atoms with van der Waals surface area (Å²) < 4.78 is 44.8. The normalized spacial score (nSPS) is 11.9. The molecule has 1 atom stereocenters. The third kappa shape index (κ3) is 2.64. The topological polar surface area (TPSA) is 53.0 Å². The molecule has 7 heteroatoms. The van der Waals surface area contributed by atoms with Gasteiger partial charge in [-0.1, -0.05) is 0 Å². The molecule has 1 heterocycles. The first-order valence-corrected chi connectivity index (χ1v) is 3.59. The quantitative estimate of drug-likeness (QED) is 0.278. The SMILES string of the molecule is O=S([O-])c1cc(F)ncc1F.[Li+]. The molecule has 0 bridgehead atoms. The molecule has 0 saturated carbocycles. The Hall–Kier alpha value is -0.283. The van der Waals surface area contributed by atoms with Crippen molar-refractivity contribution in [2.75, 3.05) is 0 Å². The minimum atomic E-state index is -2.76. The second-order valence-corrected chi connectivity index (χ2v) is 2.58. The first-order valence-electron chi connectivity index (χ1n) is 2.51. The Balaban J connectivity index is 0.00000121. The van der Waals surface area contributed by atoms with Crippen LogP contribution in [0.4, 0.5) is 8.78 Å². The smallest absolute Gasteiger partial charge is 0.768 e. The summed E-state index contributed by atoms with van der Waals surface area (Å²) in [4.78, 5) is 2.20. The van der Waals surface area contributed by atoms with E-state index in [4.69, 9.17) is 0 Å². The van der Waals surface area contributed by atoms with Gasteiger partial charge in [0.2, 0.25) is 5.95 Å². The molecular weight excluding hydrogens is 183 g/mol. The van der Waals surface area contributed by atoms with Gasteiger partial charge in [0.25, 0.3) is 0 Å². The number of aromatic nitrogens is 1. The van der Waals surface area contributed by atoms with Crippen LogP contribution in [0.5, 0.6) is 0 Å². The van der Waals surface area contributed by atoms with Gasteiger partial charge < -0.3 is 4.55 Å². The van der Waals surface area contributed by atoms with Crippen LogP contribution in [0.2, 0.25) is 0 Å². The molecule has 60 valence electrons. The van der Waals surface area contributed by atoms with Crippen LogP contribution >= 0.6 is 0 Å². The van der Waals surface area contributed by atoms with Crippen molar-refractivity contribution in [3.05, 3.63) is 24.0 Å². The molecule has 0 saturated heterocycles. The van der Waals surface area contributed by atoms with Gasteiger partial charge in [0.1, 0.15) is 0 Å². The van der Waals surface area contributed by atoms with E-state index in [2.05, 4.69) is 4.98 Å². The molecule has 0 spiro atoms. The zero-order valence-corrected chi connectivity index (χ0v) is 6.90. The second kappa shape index (κ2) is 4.67. The predicted octanol–water partition coefficient (Wildman–Crippen LogP) is -2.40. The Labute approximate surface area is 81.7 Å². The Morgan fingerprint density at radius 2 is 2.08 bits per heavy atom. The number of hydrogen-bond acceptors (Lipinski definition) is 3. The van der Waals surface area contributed by atoms with E-state index in [1.807, 2.05) is 0 Å². The molecule has 0 aliphatic heterocycles. The van der Waals surface area contributed by atoms with Crippen molar-refractivity contribution in [3.8, 4) is 0 Å². The van der Waals surface area contributed by atoms with E-state index in [9.17, 15) is 17.5 Å². The minimum absolute atomic E-state index is 0. The second-order valence-electron chi connectivity index (χ2n) is 1.67. The third-order valence-electron chi connectivity index (χ3n) is 0.966. The molecular formula is C5H2F2LiNO2S. The molecule has 0 radical (unpaired) electrons. The van der Waals surface area contributed by atoms with Crippen molar-refractivity contribution < 1.29 is 36.4 Å². The van der Waals surface area contributed by atoms with E-state index in [0.717, 1.165) is 0 Å². The Morgan fingerprint density at radius 3 is 2.50 bits per heavy atom. The van der Waals surface area contributed by atoms with Crippen LogP contribution in [0.25, 0.3) is 0 Å². The molecule has 0 aliphatic rings. The van der Waals surface area contributed by atoms with Crippen LogP contribution in [0.3, 0.4) is 0 Å². The molecule has 3 nitrogen and oxygen atoms in total. The van der Waals surface area contributed by atoms with E-state index in [-0.39, 0.29) is 18.9 Å². The summed E-state index contributed by atoms with van der Waals surface area (Å²) >= 11 is -2.76. The molecule has 1 rings (SSSR count). The largest absolute Gasteiger partial charge is 1.00 e. The van der Waals surface area contributed by atoms with E-state index in [1.165, 1.54) is 0 Å². The molecule has 0 amide bonds. The fourth-order valence-electron chi connectivity index (χ4n) is 0.524. The van der Waals surface area contributed by atoms with Crippen molar-refractivity contribution in [2.24, 2.45) is 0 Å². The van der Waals surface area contributed by atoms with Gasteiger partial charge in [0.05, 0.1) is 11.1 Å². The summed E-state index contributed by atoms with van der Waals surface area (Å²) in [7, 11) is 0. The van der Waals surface area contributed by atoms with Gasteiger partial charge in [0.15, 0.2) is 5.82 Å². The monoisotopic (exact) mass is 185 g/mol. The first kappa shape index (κ1) is 11.7. The molecule has 0 N–H and O–H groups in total. The first-order chi connectivity index (χ1) is 5.11. The van der Waals surface area contributed by atoms with Crippen LogP contribution in [-0.2, 0) is 11.1 Å². The molecule has 0 aromatic carbocycles. The molecule has 1 aromatic rings. The number of pyridine rings is 1. The van der Waals surface area contributed by atoms with E-state index < -0.39 is 27.7 Å². The average molecular weight is 185 g/mol. The van der Waals surface area contributed by atoms with Gasteiger partial charge in [-0.05, 0) is 11.1 Å². The predicted molar refractivity (Wildman–Crippen MR) is 31.3 cm³/mol. The number of rotatable bonds is 1. The number of hydrogen-bond donors (Lipinski definition) is 0. The van der Waals surface area contributed by atoms with Gasteiger partial charge >= 0.3 is 18.9 Å². The number of halogens is 2. The molecule has 0 aliphatic carbocycles. The third-order valence-corrected chi connectivity index (χ3v) is 1.64. The van der Waals surface area contributed by atoms with Crippen LogP contribution < -0.4 is 18.9 Å². The van der Waals surface area contributed by atoms with Crippen LogP contribution in [0.15, 0.2) is 17.2 Å². The Bertz CT molecular complexity index is 309. The molecule has 0 fully saturated rings. The zero-order chi connectivity index (χ0) is 8.43. The Kier molecular flexibility index (Phi) is 4.56. The fraction of sp³-hybridized carbons (Fsp3) is 0. The standard InChI is InChI=1S/C5H3F2NO2S.Li/c6-3-2-8-5(7)1-4(3)11(9)10;/h1-2H,(H,9,10);/q;+1/p-1.